The normalized spacial score (nSPS) is 13.7. The Bertz CT molecular complexity index is 52.9. The van der Waals surface area contributed by atoms with Crippen molar-refractivity contribution in [1.82, 2.24) is 0 Å². The van der Waals surface area contributed by atoms with E-state index >= 15 is 0 Å². The zero-order valence-corrected chi connectivity index (χ0v) is 7.97. The van der Waals surface area contributed by atoms with E-state index in [1.807, 2.05) is 11.8 Å². The second-order valence-electron chi connectivity index (χ2n) is 2.28. The lowest BCUT2D eigenvalue weighted by molar-refractivity contribution is 0.895. The maximum absolute atomic E-state index is 4.28. The molecule has 0 fully saturated rings. The highest BCUT2D eigenvalue weighted by Crippen LogP contribution is 2.08. The first-order valence-corrected chi connectivity index (χ1v) is 5.20. The van der Waals surface area contributed by atoms with Gasteiger partial charge in [-0.2, -0.15) is 24.4 Å². The molecule has 0 bridgehead atoms. The zero-order valence-electron chi connectivity index (χ0n) is 6.26. The van der Waals surface area contributed by atoms with Crippen LogP contribution in [0.3, 0.4) is 0 Å². The van der Waals surface area contributed by atoms with Crippen LogP contribution in [0.25, 0.3) is 0 Å². The fraction of sp³-hybridized carbons (Fsp3) is 1.00. The molecule has 0 saturated heterocycles. The molecule has 0 nitrogen and oxygen atoms in total. The van der Waals surface area contributed by atoms with Crippen LogP contribution < -0.4 is 0 Å². The van der Waals surface area contributed by atoms with Crippen LogP contribution in [0.2, 0.25) is 0 Å². The molecule has 56 valence electrons. The van der Waals surface area contributed by atoms with Gasteiger partial charge in [0.2, 0.25) is 0 Å². The Balaban J connectivity index is 2.75. The summed E-state index contributed by atoms with van der Waals surface area (Å²) in [4.78, 5) is 0. The standard InChI is InChI=1S/C7H16S2/c1-3-4-5-9-6-7(2)8/h7-8H,3-6H2,1-2H3. The average molecular weight is 164 g/mol. The summed E-state index contributed by atoms with van der Waals surface area (Å²) in [7, 11) is 0. The maximum atomic E-state index is 4.28. The van der Waals surface area contributed by atoms with Crippen molar-refractivity contribution in [3.63, 3.8) is 0 Å². The summed E-state index contributed by atoms with van der Waals surface area (Å²) >= 11 is 6.29. The van der Waals surface area contributed by atoms with Crippen molar-refractivity contribution in [1.29, 1.82) is 0 Å². The molecule has 0 aromatic rings. The number of thiol groups is 1. The third-order valence-corrected chi connectivity index (χ3v) is 2.74. The van der Waals surface area contributed by atoms with Crippen LogP contribution >= 0.6 is 24.4 Å². The second-order valence-corrected chi connectivity index (χ2v) is 4.31. The average Bonchev–Trinajstić information content (AvgIpc) is 1.80. The van der Waals surface area contributed by atoms with Gasteiger partial charge in [0, 0.05) is 11.0 Å². The van der Waals surface area contributed by atoms with Crippen molar-refractivity contribution in [2.45, 2.75) is 31.9 Å². The molecule has 0 aliphatic carbocycles. The first kappa shape index (κ1) is 9.70. The van der Waals surface area contributed by atoms with Crippen LogP contribution in [-0.2, 0) is 0 Å². The highest BCUT2D eigenvalue weighted by molar-refractivity contribution is 8.00. The van der Waals surface area contributed by atoms with Gasteiger partial charge in [0.1, 0.15) is 0 Å². The number of hydrogen-bond acceptors (Lipinski definition) is 2. The van der Waals surface area contributed by atoms with Crippen LogP contribution in [-0.4, -0.2) is 16.8 Å². The van der Waals surface area contributed by atoms with Crippen molar-refractivity contribution in [3.8, 4) is 0 Å². The summed E-state index contributed by atoms with van der Waals surface area (Å²) in [6.45, 7) is 4.37. The second kappa shape index (κ2) is 6.81. The summed E-state index contributed by atoms with van der Waals surface area (Å²) < 4.78 is 0. The molecule has 2 heteroatoms. The SMILES string of the molecule is CCCCSCC(C)S. The molecular formula is C7H16S2. The monoisotopic (exact) mass is 164 g/mol. The van der Waals surface area contributed by atoms with E-state index in [1.54, 1.807) is 0 Å². The fourth-order valence-electron chi connectivity index (χ4n) is 0.500. The van der Waals surface area contributed by atoms with Crippen molar-refractivity contribution in [2.75, 3.05) is 11.5 Å². The van der Waals surface area contributed by atoms with E-state index in [-0.39, 0.29) is 0 Å². The molecule has 0 heterocycles. The van der Waals surface area contributed by atoms with Gasteiger partial charge in [-0.05, 0) is 12.2 Å². The minimum Gasteiger partial charge on any atom is -0.175 e. The van der Waals surface area contributed by atoms with E-state index in [0.29, 0.717) is 5.25 Å². The van der Waals surface area contributed by atoms with Gasteiger partial charge in [-0.25, -0.2) is 0 Å². The summed E-state index contributed by atoms with van der Waals surface area (Å²) in [6.07, 6.45) is 2.67. The van der Waals surface area contributed by atoms with Crippen LogP contribution in [0.4, 0.5) is 0 Å². The van der Waals surface area contributed by atoms with Gasteiger partial charge >= 0.3 is 0 Å². The van der Waals surface area contributed by atoms with E-state index in [2.05, 4.69) is 26.5 Å². The van der Waals surface area contributed by atoms with Crippen molar-refractivity contribution >= 4 is 24.4 Å². The Labute approximate surface area is 68.2 Å². The van der Waals surface area contributed by atoms with Gasteiger partial charge in [0.05, 0.1) is 0 Å². The Morgan fingerprint density at radius 1 is 1.56 bits per heavy atom. The predicted molar refractivity (Wildman–Crippen MR) is 50.7 cm³/mol. The van der Waals surface area contributed by atoms with Gasteiger partial charge in [-0.3, -0.25) is 0 Å². The molecule has 0 rings (SSSR count). The summed E-state index contributed by atoms with van der Waals surface area (Å²) in [5, 5.41) is 0.562. The summed E-state index contributed by atoms with van der Waals surface area (Å²) in [6, 6.07) is 0. The van der Waals surface area contributed by atoms with Crippen molar-refractivity contribution < 1.29 is 0 Å². The molecule has 1 atom stereocenters. The lowest BCUT2D eigenvalue weighted by Gasteiger charge is -2.01. The van der Waals surface area contributed by atoms with Gasteiger partial charge < -0.3 is 0 Å². The van der Waals surface area contributed by atoms with E-state index in [1.165, 1.54) is 24.3 Å². The molecule has 0 saturated carbocycles. The predicted octanol–water partition coefficient (Wildman–Crippen LogP) is 2.84. The largest absolute Gasteiger partial charge is 0.175 e. The lowest BCUT2D eigenvalue weighted by atomic mass is 10.4. The van der Waals surface area contributed by atoms with Crippen molar-refractivity contribution in [2.24, 2.45) is 0 Å². The molecule has 9 heavy (non-hydrogen) atoms. The summed E-state index contributed by atoms with van der Waals surface area (Å²) in [5.41, 5.74) is 0. The molecular weight excluding hydrogens is 148 g/mol. The number of unbranched alkanes of at least 4 members (excludes halogenated alkanes) is 1. The third kappa shape index (κ3) is 8.70. The molecule has 0 aromatic carbocycles. The highest BCUT2D eigenvalue weighted by atomic mass is 32.2. The van der Waals surface area contributed by atoms with E-state index in [9.17, 15) is 0 Å². The first-order valence-electron chi connectivity index (χ1n) is 3.53. The van der Waals surface area contributed by atoms with Gasteiger partial charge in [-0.1, -0.05) is 20.3 Å². The minimum absolute atomic E-state index is 0.562. The third-order valence-electron chi connectivity index (χ3n) is 1.00. The quantitative estimate of drug-likeness (QED) is 0.481. The Morgan fingerprint density at radius 3 is 2.67 bits per heavy atom. The number of thioether (sulfide) groups is 1. The zero-order chi connectivity index (χ0) is 7.11. The van der Waals surface area contributed by atoms with E-state index in [0.717, 1.165) is 0 Å². The van der Waals surface area contributed by atoms with Gasteiger partial charge in [0.25, 0.3) is 0 Å². The van der Waals surface area contributed by atoms with Gasteiger partial charge in [-0.15, -0.1) is 0 Å². The maximum Gasteiger partial charge on any atom is 0.00791 e. The Morgan fingerprint density at radius 2 is 2.22 bits per heavy atom. The van der Waals surface area contributed by atoms with E-state index < -0.39 is 0 Å². The number of hydrogen-bond donors (Lipinski definition) is 1. The number of rotatable bonds is 5. The Kier molecular flexibility index (Phi) is 7.34. The highest BCUT2D eigenvalue weighted by Gasteiger charge is 1.92. The van der Waals surface area contributed by atoms with Crippen LogP contribution in [0.15, 0.2) is 0 Å². The Hall–Kier alpha value is 0.700. The van der Waals surface area contributed by atoms with E-state index in [4.69, 9.17) is 0 Å². The topological polar surface area (TPSA) is 0 Å². The van der Waals surface area contributed by atoms with Crippen LogP contribution in [0.5, 0.6) is 0 Å². The van der Waals surface area contributed by atoms with Gasteiger partial charge in [0.15, 0.2) is 0 Å². The molecule has 0 aliphatic rings. The molecule has 0 aromatic heterocycles. The minimum atomic E-state index is 0.562. The van der Waals surface area contributed by atoms with Crippen LogP contribution in [0.1, 0.15) is 26.7 Å². The fourth-order valence-corrected chi connectivity index (χ4v) is 1.82. The molecule has 1 unspecified atom stereocenters. The summed E-state index contributed by atoms with van der Waals surface area (Å²) in [5.74, 6) is 2.50. The van der Waals surface area contributed by atoms with Crippen LogP contribution in [0, 0.1) is 0 Å². The molecule has 0 N–H and O–H groups in total. The first-order chi connectivity index (χ1) is 4.27. The van der Waals surface area contributed by atoms with Crippen molar-refractivity contribution in [3.05, 3.63) is 0 Å². The molecule has 0 spiro atoms. The molecule has 0 amide bonds. The molecule has 0 radical (unpaired) electrons. The lowest BCUT2D eigenvalue weighted by Crippen LogP contribution is -1.95. The smallest absolute Gasteiger partial charge is 0.00791 e. The molecule has 0 aliphatic heterocycles.